The van der Waals surface area contributed by atoms with E-state index in [9.17, 15) is 9.59 Å². The summed E-state index contributed by atoms with van der Waals surface area (Å²) in [6.45, 7) is 2.39. The fourth-order valence-corrected chi connectivity index (χ4v) is 2.77. The quantitative estimate of drug-likeness (QED) is 0.355. The molecule has 3 N–H and O–H groups in total. The number of fused-ring (bicyclic) bond motifs is 1. The molecule has 0 radical (unpaired) electrons. The maximum Gasteiger partial charge on any atom is 0.253 e. The zero-order valence-corrected chi connectivity index (χ0v) is 10.6. The number of nitrogens with zero attached hydrogens (tertiary/aromatic N) is 2. The van der Waals surface area contributed by atoms with Crippen LogP contribution in [0, 0.1) is 0 Å². The van der Waals surface area contributed by atoms with E-state index in [1.54, 1.807) is 7.11 Å². The van der Waals surface area contributed by atoms with Crippen LogP contribution in [0.5, 0.6) is 0 Å². The van der Waals surface area contributed by atoms with E-state index in [1.807, 2.05) is 9.80 Å². The highest BCUT2D eigenvalue weighted by Gasteiger charge is 2.38. The summed E-state index contributed by atoms with van der Waals surface area (Å²) in [5.41, 5.74) is 2.17. The molecule has 0 saturated carbocycles. The van der Waals surface area contributed by atoms with Crippen LogP contribution in [-0.2, 0) is 14.3 Å². The molecule has 102 valence electrons. The first kappa shape index (κ1) is 13.3. The number of nitrogens with one attached hydrogen (secondary N) is 1. The first-order valence-corrected chi connectivity index (χ1v) is 6.20. The van der Waals surface area contributed by atoms with Crippen LogP contribution in [0.3, 0.4) is 0 Å². The van der Waals surface area contributed by atoms with Crippen LogP contribution in [0.2, 0.25) is 0 Å². The number of hydrogen-bond acceptors (Lipinski definition) is 5. The maximum absolute atomic E-state index is 11.7. The van der Waals surface area contributed by atoms with Crippen molar-refractivity contribution in [1.82, 2.24) is 15.2 Å². The fraction of sp³-hybridized carbons (Fsp3) is 0.818. The van der Waals surface area contributed by atoms with Crippen LogP contribution >= 0.6 is 0 Å². The van der Waals surface area contributed by atoms with Crippen molar-refractivity contribution in [2.24, 2.45) is 5.84 Å². The smallest absolute Gasteiger partial charge is 0.253 e. The minimum Gasteiger partial charge on any atom is -0.383 e. The molecule has 0 aromatic rings. The molecule has 0 spiro atoms. The van der Waals surface area contributed by atoms with Crippen molar-refractivity contribution >= 4 is 11.8 Å². The first-order valence-electron chi connectivity index (χ1n) is 6.20. The third kappa shape index (κ3) is 2.47. The van der Waals surface area contributed by atoms with Crippen LogP contribution in [0.4, 0.5) is 0 Å². The number of carbonyl (C=O) groups excluding carboxylic acids is 2. The van der Waals surface area contributed by atoms with Gasteiger partial charge < -0.3 is 9.64 Å². The molecule has 2 saturated heterocycles. The molecule has 2 fully saturated rings. The van der Waals surface area contributed by atoms with Crippen molar-refractivity contribution in [1.29, 1.82) is 0 Å². The van der Waals surface area contributed by atoms with Crippen molar-refractivity contribution in [2.75, 3.05) is 33.4 Å². The summed E-state index contributed by atoms with van der Waals surface area (Å²) in [7, 11) is 1.56. The van der Waals surface area contributed by atoms with Gasteiger partial charge in [-0.05, 0) is 6.42 Å². The molecule has 2 unspecified atom stereocenters. The van der Waals surface area contributed by atoms with Crippen molar-refractivity contribution in [3.8, 4) is 0 Å². The van der Waals surface area contributed by atoms with Crippen molar-refractivity contribution in [3.63, 3.8) is 0 Å². The molecule has 2 heterocycles. The third-order valence-corrected chi connectivity index (χ3v) is 3.74. The number of ether oxygens (including phenoxy) is 1. The van der Waals surface area contributed by atoms with Crippen LogP contribution < -0.4 is 11.3 Å². The van der Waals surface area contributed by atoms with Gasteiger partial charge in [0, 0.05) is 39.2 Å². The average Bonchev–Trinajstić information content (AvgIpc) is 2.76. The lowest BCUT2D eigenvalue weighted by atomic mass is 10.1. The summed E-state index contributed by atoms with van der Waals surface area (Å²) >= 11 is 0. The molecule has 2 amide bonds. The van der Waals surface area contributed by atoms with Crippen LogP contribution in [0.1, 0.15) is 12.8 Å². The highest BCUT2D eigenvalue weighted by Crippen LogP contribution is 2.23. The van der Waals surface area contributed by atoms with Gasteiger partial charge >= 0.3 is 0 Å². The van der Waals surface area contributed by atoms with Gasteiger partial charge in [0.2, 0.25) is 5.91 Å². The van der Waals surface area contributed by atoms with Crippen molar-refractivity contribution < 1.29 is 14.3 Å². The standard InChI is InChI=1S/C11H20N4O3/c1-18-7-9(11(17)13-12)14-4-5-15-8(6-14)2-3-10(15)16/h8-9H,2-7,12H2,1H3,(H,13,17). The maximum atomic E-state index is 11.7. The van der Waals surface area contributed by atoms with Gasteiger partial charge in [-0.3, -0.25) is 19.9 Å². The Morgan fingerprint density at radius 3 is 3.06 bits per heavy atom. The van der Waals surface area contributed by atoms with Gasteiger partial charge in [0.25, 0.3) is 5.91 Å². The zero-order chi connectivity index (χ0) is 13.1. The molecule has 0 aromatic carbocycles. The van der Waals surface area contributed by atoms with E-state index in [0.29, 0.717) is 32.7 Å². The highest BCUT2D eigenvalue weighted by molar-refractivity contribution is 5.81. The predicted molar refractivity (Wildman–Crippen MR) is 64.3 cm³/mol. The molecule has 7 nitrogen and oxygen atoms in total. The molecule has 2 atom stereocenters. The molecular weight excluding hydrogens is 236 g/mol. The normalized spacial score (nSPS) is 26.0. The number of nitrogens with two attached hydrogens (primary N) is 1. The number of amides is 2. The minimum atomic E-state index is -0.377. The van der Waals surface area contributed by atoms with Crippen LogP contribution in [0.25, 0.3) is 0 Å². The number of methoxy groups -OCH3 is 1. The summed E-state index contributed by atoms with van der Waals surface area (Å²) in [5.74, 6) is 5.18. The monoisotopic (exact) mass is 256 g/mol. The van der Waals surface area contributed by atoms with Crippen molar-refractivity contribution in [3.05, 3.63) is 0 Å². The number of carbonyl (C=O) groups is 2. The number of piperazine rings is 1. The summed E-state index contributed by atoms with van der Waals surface area (Å²) in [5, 5.41) is 0. The molecule has 2 rings (SSSR count). The molecule has 2 aliphatic rings. The number of hydrazine groups is 1. The van der Waals surface area contributed by atoms with Gasteiger partial charge in [-0.2, -0.15) is 0 Å². The Bertz CT molecular complexity index is 336. The Morgan fingerprint density at radius 2 is 2.39 bits per heavy atom. The summed E-state index contributed by atoms with van der Waals surface area (Å²) < 4.78 is 5.07. The predicted octanol–water partition coefficient (Wildman–Crippen LogP) is -1.70. The molecule has 18 heavy (non-hydrogen) atoms. The van der Waals surface area contributed by atoms with Gasteiger partial charge in [0.1, 0.15) is 6.04 Å². The zero-order valence-electron chi connectivity index (χ0n) is 10.6. The average molecular weight is 256 g/mol. The second-order valence-corrected chi connectivity index (χ2v) is 4.75. The van der Waals surface area contributed by atoms with Gasteiger partial charge in [0.15, 0.2) is 0 Å². The Kier molecular flexibility index (Phi) is 4.15. The highest BCUT2D eigenvalue weighted by atomic mass is 16.5. The van der Waals surface area contributed by atoms with E-state index in [1.165, 1.54) is 0 Å². The largest absolute Gasteiger partial charge is 0.383 e. The molecular formula is C11H20N4O3. The van der Waals surface area contributed by atoms with Gasteiger partial charge in [-0.1, -0.05) is 0 Å². The van der Waals surface area contributed by atoms with Crippen LogP contribution in [0.15, 0.2) is 0 Å². The second-order valence-electron chi connectivity index (χ2n) is 4.75. The first-order chi connectivity index (χ1) is 8.67. The van der Waals surface area contributed by atoms with E-state index in [0.717, 1.165) is 6.42 Å². The lowest BCUT2D eigenvalue weighted by molar-refractivity contribution is -0.134. The summed E-state index contributed by atoms with van der Waals surface area (Å²) in [4.78, 5) is 27.3. The van der Waals surface area contributed by atoms with E-state index in [4.69, 9.17) is 10.6 Å². The van der Waals surface area contributed by atoms with Gasteiger partial charge in [-0.25, -0.2) is 5.84 Å². The Hall–Kier alpha value is -1.18. The van der Waals surface area contributed by atoms with E-state index < -0.39 is 0 Å². The van der Waals surface area contributed by atoms with Crippen molar-refractivity contribution in [2.45, 2.75) is 24.9 Å². The van der Waals surface area contributed by atoms with E-state index >= 15 is 0 Å². The molecule has 0 bridgehead atoms. The lowest BCUT2D eigenvalue weighted by Gasteiger charge is -2.40. The minimum absolute atomic E-state index is 0.228. The van der Waals surface area contributed by atoms with Gasteiger partial charge in [-0.15, -0.1) is 0 Å². The number of hydrogen-bond donors (Lipinski definition) is 2. The number of rotatable bonds is 4. The Morgan fingerprint density at radius 1 is 1.61 bits per heavy atom. The fourth-order valence-electron chi connectivity index (χ4n) is 2.77. The Balaban J connectivity index is 2.00. The van der Waals surface area contributed by atoms with Crippen LogP contribution in [-0.4, -0.2) is 67.0 Å². The van der Waals surface area contributed by atoms with Gasteiger partial charge in [0.05, 0.1) is 6.61 Å². The van der Waals surface area contributed by atoms with E-state index in [2.05, 4.69) is 5.43 Å². The van der Waals surface area contributed by atoms with E-state index in [-0.39, 0.29) is 23.9 Å². The topological polar surface area (TPSA) is 87.9 Å². The summed E-state index contributed by atoms with van der Waals surface area (Å²) in [6, 6.07) is -0.144. The molecule has 0 aliphatic carbocycles. The molecule has 0 aromatic heterocycles. The molecule has 7 heteroatoms. The SMILES string of the molecule is COCC(C(=O)NN)N1CCN2C(=O)CCC2C1. The Labute approximate surface area is 106 Å². The summed E-state index contributed by atoms with van der Waals surface area (Å²) in [6.07, 6.45) is 1.50. The third-order valence-electron chi connectivity index (χ3n) is 3.74. The lowest BCUT2D eigenvalue weighted by Crippen LogP contribution is -2.59. The second kappa shape index (κ2) is 5.64. The molecule has 2 aliphatic heterocycles.